The van der Waals surface area contributed by atoms with Gasteiger partial charge in [-0.25, -0.2) is 4.79 Å². The summed E-state index contributed by atoms with van der Waals surface area (Å²) in [5, 5.41) is 46.0. The number of carbonyl (C=O) groups is 2. The molecule has 2 aliphatic carbocycles. The molecule has 0 bridgehead atoms. The van der Waals surface area contributed by atoms with E-state index in [0.717, 1.165) is 0 Å². The Morgan fingerprint density at radius 1 is 1.26 bits per heavy atom. The fourth-order valence-electron chi connectivity index (χ4n) is 5.87. The highest BCUT2D eigenvalue weighted by atomic mass is 16.7. The molecular formula is C23H39NO7. The van der Waals surface area contributed by atoms with E-state index in [0.29, 0.717) is 6.42 Å². The summed E-state index contributed by atoms with van der Waals surface area (Å²) in [4.78, 5) is 25.9. The van der Waals surface area contributed by atoms with Crippen LogP contribution in [0, 0.1) is 28.6 Å². The smallest absolute Gasteiger partial charge is 0.409 e. The number of hydrogen-bond donors (Lipinski definition) is 5. The lowest BCUT2D eigenvalue weighted by atomic mass is 9.41. The van der Waals surface area contributed by atoms with Crippen LogP contribution in [0.4, 0.5) is 4.79 Å². The molecule has 178 valence electrons. The number of ether oxygens (including phenoxy) is 1. The van der Waals surface area contributed by atoms with Crippen molar-refractivity contribution in [3.63, 3.8) is 0 Å². The van der Waals surface area contributed by atoms with Gasteiger partial charge in [0.1, 0.15) is 5.60 Å². The Bertz CT molecular complexity index is 710. The Balaban J connectivity index is 2.64. The van der Waals surface area contributed by atoms with E-state index in [2.05, 4.69) is 11.9 Å². The van der Waals surface area contributed by atoms with Gasteiger partial charge in [0.05, 0.1) is 18.1 Å². The number of aliphatic hydroxyl groups excluding tert-OH is 2. The van der Waals surface area contributed by atoms with Crippen molar-refractivity contribution in [2.45, 2.75) is 77.8 Å². The number of nitrogens with one attached hydrogen (secondary N) is 1. The fourth-order valence-corrected chi connectivity index (χ4v) is 5.87. The van der Waals surface area contributed by atoms with Gasteiger partial charge in [0.2, 0.25) is 5.79 Å². The van der Waals surface area contributed by atoms with Crippen molar-refractivity contribution in [2.75, 3.05) is 13.2 Å². The molecule has 1 amide bonds. The monoisotopic (exact) mass is 441 g/mol. The number of hydrogen-bond acceptors (Lipinski definition) is 7. The molecule has 0 aromatic heterocycles. The van der Waals surface area contributed by atoms with Crippen LogP contribution in [-0.4, -0.2) is 62.9 Å². The first kappa shape index (κ1) is 25.8. The maximum atomic E-state index is 13.6. The van der Waals surface area contributed by atoms with E-state index >= 15 is 0 Å². The Labute approximate surface area is 184 Å². The van der Waals surface area contributed by atoms with E-state index in [9.17, 15) is 24.9 Å². The molecule has 0 unspecified atom stereocenters. The molecule has 2 saturated carbocycles. The summed E-state index contributed by atoms with van der Waals surface area (Å²) in [6.07, 6.45) is 0.426. The molecule has 5 N–H and O–H groups in total. The molecule has 0 aromatic rings. The van der Waals surface area contributed by atoms with E-state index in [4.69, 9.17) is 9.84 Å². The predicted molar refractivity (Wildman–Crippen MR) is 115 cm³/mol. The normalized spacial score (nSPS) is 40.4. The highest BCUT2D eigenvalue weighted by Gasteiger charge is 2.75. The highest BCUT2D eigenvalue weighted by molar-refractivity contribution is 5.89. The van der Waals surface area contributed by atoms with Crippen molar-refractivity contribution in [1.29, 1.82) is 0 Å². The molecule has 0 heterocycles. The molecule has 2 fully saturated rings. The first-order valence-electron chi connectivity index (χ1n) is 11.1. The van der Waals surface area contributed by atoms with Crippen molar-refractivity contribution >= 4 is 11.9 Å². The Morgan fingerprint density at radius 3 is 2.42 bits per heavy atom. The first-order chi connectivity index (χ1) is 14.2. The SMILES string of the molecule is C=C[C@@H](C)CC(=O)[C@]1(O)[C@@H](C)[C@H](O)C[C@H]2C(C)(C)CC[C@](O)(OC(=O)NCCO)[C@@]21C. The van der Waals surface area contributed by atoms with Gasteiger partial charge in [-0.2, -0.15) is 0 Å². The number of allylic oxidation sites excluding steroid dienone is 1. The molecule has 0 radical (unpaired) electrons. The van der Waals surface area contributed by atoms with Gasteiger partial charge in [-0.3, -0.25) is 4.79 Å². The number of rotatable bonds is 7. The Morgan fingerprint density at radius 2 is 1.87 bits per heavy atom. The van der Waals surface area contributed by atoms with E-state index in [1.165, 1.54) is 0 Å². The van der Waals surface area contributed by atoms with Crippen LogP contribution < -0.4 is 5.32 Å². The van der Waals surface area contributed by atoms with Crippen LogP contribution >= 0.6 is 0 Å². The summed E-state index contributed by atoms with van der Waals surface area (Å²) in [7, 11) is 0. The van der Waals surface area contributed by atoms with E-state index < -0.39 is 52.0 Å². The number of alkyl carbamates (subject to hydrolysis) is 1. The van der Waals surface area contributed by atoms with Gasteiger partial charge >= 0.3 is 6.09 Å². The Hall–Kier alpha value is -1.48. The third kappa shape index (κ3) is 4.03. The Kier molecular flexibility index (Phi) is 7.32. The maximum absolute atomic E-state index is 13.6. The minimum absolute atomic E-state index is 0.0212. The molecule has 0 aromatic carbocycles. The molecule has 0 aliphatic heterocycles. The molecule has 7 atom stereocenters. The zero-order chi connectivity index (χ0) is 23.8. The average Bonchev–Trinajstić information content (AvgIpc) is 2.70. The van der Waals surface area contributed by atoms with Gasteiger partial charge < -0.3 is 30.5 Å². The van der Waals surface area contributed by atoms with Gasteiger partial charge in [-0.05, 0) is 37.0 Å². The molecule has 2 aliphatic rings. The van der Waals surface area contributed by atoms with Crippen molar-refractivity contribution < 1.29 is 34.8 Å². The summed E-state index contributed by atoms with van der Waals surface area (Å²) in [5.74, 6) is -4.29. The number of ketones is 1. The van der Waals surface area contributed by atoms with Crippen LogP contribution in [0.25, 0.3) is 0 Å². The van der Waals surface area contributed by atoms with Crippen LogP contribution in [-0.2, 0) is 9.53 Å². The summed E-state index contributed by atoms with van der Waals surface area (Å²) in [6, 6.07) is 0. The summed E-state index contributed by atoms with van der Waals surface area (Å²) in [5.41, 5.74) is -4.16. The minimum atomic E-state index is -2.15. The van der Waals surface area contributed by atoms with Crippen LogP contribution in [0.15, 0.2) is 12.7 Å². The van der Waals surface area contributed by atoms with Gasteiger partial charge in [-0.15, -0.1) is 6.58 Å². The largest absolute Gasteiger partial charge is 0.416 e. The number of fused-ring (bicyclic) bond motifs is 1. The second-order valence-electron chi connectivity index (χ2n) is 10.3. The van der Waals surface area contributed by atoms with Crippen molar-refractivity contribution in [2.24, 2.45) is 28.6 Å². The van der Waals surface area contributed by atoms with Crippen molar-refractivity contribution in [1.82, 2.24) is 5.32 Å². The third-order valence-electron chi connectivity index (χ3n) is 8.04. The number of aliphatic hydroxyl groups is 4. The van der Waals surface area contributed by atoms with Crippen LogP contribution in [0.2, 0.25) is 0 Å². The third-order valence-corrected chi connectivity index (χ3v) is 8.04. The lowest BCUT2D eigenvalue weighted by Gasteiger charge is -2.67. The molecule has 8 heteroatoms. The maximum Gasteiger partial charge on any atom is 0.409 e. The van der Waals surface area contributed by atoms with Crippen molar-refractivity contribution in [3.8, 4) is 0 Å². The molecular weight excluding hydrogens is 402 g/mol. The standard InChI is InChI=1S/C23H39NO7/c1-7-14(2)12-18(27)23(30)15(3)16(26)13-17-20(4,5)8-9-22(29,21(17,23)6)31-19(28)24-10-11-25/h7,14-17,25-26,29-30H,1,8-13H2,2-6H3,(H,24,28)/t14-,15+,16-,17+,21-,22+,23-/m1/s1. The second-order valence-corrected chi connectivity index (χ2v) is 10.3. The number of carbonyl (C=O) groups excluding carboxylic acids is 2. The van der Waals surface area contributed by atoms with E-state index in [-0.39, 0.29) is 38.3 Å². The summed E-state index contributed by atoms with van der Waals surface area (Å²) in [6.45, 7) is 12.3. The molecule has 31 heavy (non-hydrogen) atoms. The number of Topliss-reactive ketones (excluding diaryl/α,β-unsaturated/α-hetero) is 1. The zero-order valence-corrected chi connectivity index (χ0v) is 19.4. The molecule has 8 nitrogen and oxygen atoms in total. The molecule has 0 saturated heterocycles. The molecule has 0 spiro atoms. The van der Waals surface area contributed by atoms with Gasteiger partial charge in [-0.1, -0.05) is 33.8 Å². The second kappa shape index (κ2) is 8.81. The average molecular weight is 442 g/mol. The van der Waals surface area contributed by atoms with Gasteiger partial charge in [0.15, 0.2) is 5.78 Å². The number of amides is 1. The lowest BCUT2D eigenvalue weighted by molar-refractivity contribution is -0.357. The van der Waals surface area contributed by atoms with Crippen LogP contribution in [0.3, 0.4) is 0 Å². The first-order valence-corrected chi connectivity index (χ1v) is 11.1. The van der Waals surface area contributed by atoms with Crippen LogP contribution in [0.1, 0.15) is 60.3 Å². The fraction of sp³-hybridized carbons (Fsp3) is 0.826. The topological polar surface area (TPSA) is 136 Å². The van der Waals surface area contributed by atoms with E-state index in [1.54, 1.807) is 26.8 Å². The quantitative estimate of drug-likeness (QED) is 0.300. The van der Waals surface area contributed by atoms with Crippen LogP contribution in [0.5, 0.6) is 0 Å². The van der Waals surface area contributed by atoms with Gasteiger partial charge in [0, 0.05) is 25.3 Å². The summed E-state index contributed by atoms with van der Waals surface area (Å²) < 4.78 is 5.49. The van der Waals surface area contributed by atoms with Crippen molar-refractivity contribution in [3.05, 3.63) is 12.7 Å². The zero-order valence-electron chi connectivity index (χ0n) is 19.4. The minimum Gasteiger partial charge on any atom is -0.416 e. The lowest BCUT2D eigenvalue weighted by Crippen LogP contribution is -2.77. The molecule has 2 rings (SSSR count). The van der Waals surface area contributed by atoms with E-state index in [1.807, 2.05) is 13.8 Å². The van der Waals surface area contributed by atoms with Gasteiger partial charge in [0.25, 0.3) is 0 Å². The highest BCUT2D eigenvalue weighted by Crippen LogP contribution is 2.66. The summed E-state index contributed by atoms with van der Waals surface area (Å²) >= 11 is 0. The predicted octanol–water partition coefficient (Wildman–Crippen LogP) is 1.75.